The minimum atomic E-state index is -0.763. The Labute approximate surface area is 514 Å². The van der Waals surface area contributed by atoms with Crippen LogP contribution in [0.3, 0.4) is 0 Å². The lowest BCUT2D eigenvalue weighted by molar-refractivity contribution is -0.167. The predicted molar refractivity (Wildman–Crippen MR) is 358 cm³/mol. The third-order valence-electron chi connectivity index (χ3n) is 17.9. The molecule has 1 unspecified atom stereocenters. The average Bonchev–Trinajstić information content (AvgIpc) is 3.47. The van der Waals surface area contributed by atoms with Crippen LogP contribution in [0.15, 0.2) is 0 Å². The van der Waals surface area contributed by atoms with Crippen molar-refractivity contribution in [2.45, 2.75) is 457 Å². The molecule has 0 saturated carbocycles. The first-order valence-electron chi connectivity index (χ1n) is 38.0. The Morgan fingerprint density at radius 2 is 0.329 bits per heavy atom. The number of unbranched alkanes of at least 4 members (excludes halogenated alkanes) is 61. The molecular formula is C76H148O6. The van der Waals surface area contributed by atoms with Gasteiger partial charge in [-0.1, -0.05) is 412 Å². The summed E-state index contributed by atoms with van der Waals surface area (Å²) in [4.78, 5) is 38.5. The van der Waals surface area contributed by atoms with Gasteiger partial charge in [0.05, 0.1) is 0 Å². The summed E-state index contributed by atoms with van der Waals surface area (Å²) in [6, 6.07) is 0. The van der Waals surface area contributed by atoms with Gasteiger partial charge in [-0.05, 0) is 19.3 Å². The van der Waals surface area contributed by atoms with E-state index in [0.717, 1.165) is 57.8 Å². The van der Waals surface area contributed by atoms with Crippen LogP contribution in [-0.2, 0) is 28.6 Å². The van der Waals surface area contributed by atoms with Crippen molar-refractivity contribution in [2.75, 3.05) is 13.2 Å². The van der Waals surface area contributed by atoms with Crippen LogP contribution in [0, 0.1) is 0 Å². The first-order valence-corrected chi connectivity index (χ1v) is 38.0. The molecule has 0 amide bonds. The van der Waals surface area contributed by atoms with Crippen LogP contribution in [0.1, 0.15) is 451 Å². The molecule has 0 saturated heterocycles. The number of carbonyl (C=O) groups is 3. The highest BCUT2D eigenvalue weighted by Crippen LogP contribution is 2.20. The molecule has 0 aliphatic carbocycles. The second kappa shape index (κ2) is 71.9. The quantitative estimate of drug-likeness (QED) is 0.0343. The molecule has 0 fully saturated rings. The Bertz CT molecular complexity index is 1240. The van der Waals surface area contributed by atoms with Crippen molar-refractivity contribution >= 4 is 17.9 Å². The van der Waals surface area contributed by atoms with Gasteiger partial charge in [-0.2, -0.15) is 0 Å². The largest absolute Gasteiger partial charge is 0.462 e. The highest BCUT2D eigenvalue weighted by atomic mass is 16.6. The molecule has 6 nitrogen and oxygen atoms in total. The molecule has 488 valence electrons. The maximum Gasteiger partial charge on any atom is 0.306 e. The van der Waals surface area contributed by atoms with E-state index in [4.69, 9.17) is 14.2 Å². The number of hydrogen-bond donors (Lipinski definition) is 0. The van der Waals surface area contributed by atoms with Crippen molar-refractivity contribution in [3.63, 3.8) is 0 Å². The molecule has 0 aromatic heterocycles. The van der Waals surface area contributed by atoms with Crippen LogP contribution in [0.4, 0.5) is 0 Å². The Hall–Kier alpha value is -1.59. The minimum Gasteiger partial charge on any atom is -0.462 e. The van der Waals surface area contributed by atoms with E-state index in [1.54, 1.807) is 0 Å². The second-order valence-electron chi connectivity index (χ2n) is 26.3. The topological polar surface area (TPSA) is 78.9 Å². The lowest BCUT2D eigenvalue weighted by atomic mass is 10.0. The molecular weight excluding hydrogens is 1010 g/mol. The maximum absolute atomic E-state index is 13.0. The molecule has 0 aliphatic rings. The molecule has 0 aromatic carbocycles. The van der Waals surface area contributed by atoms with E-state index in [0.29, 0.717) is 19.3 Å². The van der Waals surface area contributed by atoms with E-state index in [1.807, 2.05) is 0 Å². The Morgan fingerprint density at radius 3 is 0.488 bits per heavy atom. The van der Waals surface area contributed by atoms with Gasteiger partial charge in [0.1, 0.15) is 13.2 Å². The fourth-order valence-electron chi connectivity index (χ4n) is 12.2. The first-order chi connectivity index (χ1) is 40.5. The minimum absolute atomic E-state index is 0.0600. The van der Waals surface area contributed by atoms with E-state index < -0.39 is 6.10 Å². The number of carbonyl (C=O) groups excluding carboxylic acids is 3. The molecule has 0 N–H and O–H groups in total. The number of hydrogen-bond acceptors (Lipinski definition) is 6. The van der Waals surface area contributed by atoms with E-state index in [2.05, 4.69) is 20.8 Å². The average molecular weight is 1160 g/mol. The molecule has 82 heavy (non-hydrogen) atoms. The van der Waals surface area contributed by atoms with Crippen LogP contribution in [0.2, 0.25) is 0 Å². The van der Waals surface area contributed by atoms with Crippen LogP contribution in [-0.4, -0.2) is 37.2 Å². The SMILES string of the molecule is CCCCCCCCCCCCCCCCCCCCCCCCCCCCCCCCCCC(=O)OCC(COC(=O)CCCCCCCCCCCCCCCCC)OC(=O)CCCCCCCCCCCCCCCCCCC. The van der Waals surface area contributed by atoms with Gasteiger partial charge < -0.3 is 14.2 Å². The third-order valence-corrected chi connectivity index (χ3v) is 17.9. The predicted octanol–water partition coefficient (Wildman–Crippen LogP) is 26.2. The highest BCUT2D eigenvalue weighted by molar-refractivity contribution is 5.71. The smallest absolute Gasteiger partial charge is 0.306 e. The molecule has 0 aromatic rings. The van der Waals surface area contributed by atoms with Crippen molar-refractivity contribution < 1.29 is 28.6 Å². The van der Waals surface area contributed by atoms with Gasteiger partial charge in [0.25, 0.3) is 0 Å². The van der Waals surface area contributed by atoms with Crippen molar-refractivity contribution in [3.05, 3.63) is 0 Å². The lowest BCUT2D eigenvalue weighted by Crippen LogP contribution is -2.30. The Balaban J connectivity index is 4.10. The van der Waals surface area contributed by atoms with E-state index in [1.165, 1.54) is 353 Å². The van der Waals surface area contributed by atoms with Crippen molar-refractivity contribution in [3.8, 4) is 0 Å². The van der Waals surface area contributed by atoms with Crippen molar-refractivity contribution in [1.82, 2.24) is 0 Å². The highest BCUT2D eigenvalue weighted by Gasteiger charge is 2.20. The zero-order valence-electron chi connectivity index (χ0n) is 56.3. The van der Waals surface area contributed by atoms with Gasteiger partial charge in [-0.3, -0.25) is 14.4 Å². The second-order valence-corrected chi connectivity index (χ2v) is 26.3. The summed E-state index contributed by atoms with van der Waals surface area (Å²) >= 11 is 0. The van der Waals surface area contributed by atoms with Crippen LogP contribution < -0.4 is 0 Å². The number of rotatable bonds is 72. The molecule has 0 bridgehead atoms. The normalized spacial score (nSPS) is 11.9. The lowest BCUT2D eigenvalue weighted by Gasteiger charge is -2.18. The van der Waals surface area contributed by atoms with Gasteiger partial charge in [0.15, 0.2) is 6.10 Å². The van der Waals surface area contributed by atoms with Crippen molar-refractivity contribution in [1.29, 1.82) is 0 Å². The first kappa shape index (κ1) is 80.4. The summed E-state index contributed by atoms with van der Waals surface area (Å²) in [5.74, 6) is -0.817. The summed E-state index contributed by atoms with van der Waals surface area (Å²) in [6.07, 6.45) is 85.9. The van der Waals surface area contributed by atoms with E-state index in [-0.39, 0.29) is 31.1 Å². The fraction of sp³-hybridized carbons (Fsp3) is 0.961. The van der Waals surface area contributed by atoms with Gasteiger partial charge in [-0.15, -0.1) is 0 Å². The van der Waals surface area contributed by atoms with Crippen LogP contribution in [0.5, 0.6) is 0 Å². The van der Waals surface area contributed by atoms with E-state index in [9.17, 15) is 14.4 Å². The molecule has 6 heteroatoms. The summed E-state index contributed by atoms with van der Waals surface area (Å²) in [7, 11) is 0. The van der Waals surface area contributed by atoms with Gasteiger partial charge in [0.2, 0.25) is 0 Å². The van der Waals surface area contributed by atoms with E-state index >= 15 is 0 Å². The summed E-state index contributed by atoms with van der Waals surface area (Å²) in [5, 5.41) is 0. The third kappa shape index (κ3) is 69.2. The summed E-state index contributed by atoms with van der Waals surface area (Å²) in [5.41, 5.74) is 0. The fourth-order valence-corrected chi connectivity index (χ4v) is 12.2. The van der Waals surface area contributed by atoms with Gasteiger partial charge >= 0.3 is 17.9 Å². The maximum atomic E-state index is 13.0. The zero-order chi connectivity index (χ0) is 59.2. The standard InChI is InChI=1S/C76H148O6/c1-4-7-10-13-16-19-22-25-28-30-31-32-33-34-35-36-37-38-39-40-41-42-43-44-46-48-51-54-57-60-63-66-69-75(78)81-72-73(71-80-74(77)68-65-62-59-56-53-50-47-27-24-21-18-15-12-9-6-3)82-76(79)70-67-64-61-58-55-52-49-45-29-26-23-20-17-14-11-8-5-2/h73H,4-72H2,1-3H3. The summed E-state index contributed by atoms with van der Waals surface area (Å²) < 4.78 is 17.0. The monoisotopic (exact) mass is 1160 g/mol. The summed E-state index contributed by atoms with van der Waals surface area (Å²) in [6.45, 7) is 6.75. The van der Waals surface area contributed by atoms with Crippen molar-refractivity contribution in [2.24, 2.45) is 0 Å². The zero-order valence-corrected chi connectivity index (χ0v) is 56.3. The molecule has 0 aliphatic heterocycles. The molecule has 0 spiro atoms. The Morgan fingerprint density at radius 1 is 0.195 bits per heavy atom. The Kier molecular flexibility index (Phi) is 70.5. The number of ether oxygens (including phenoxy) is 3. The van der Waals surface area contributed by atoms with Crippen LogP contribution >= 0.6 is 0 Å². The van der Waals surface area contributed by atoms with Crippen LogP contribution in [0.25, 0.3) is 0 Å². The van der Waals surface area contributed by atoms with Gasteiger partial charge in [0, 0.05) is 19.3 Å². The number of esters is 3. The molecule has 0 heterocycles. The van der Waals surface area contributed by atoms with Gasteiger partial charge in [-0.25, -0.2) is 0 Å². The molecule has 1 atom stereocenters. The molecule has 0 rings (SSSR count). The molecule has 0 radical (unpaired) electrons.